The summed E-state index contributed by atoms with van der Waals surface area (Å²) in [6.45, 7) is 7.30. The van der Waals surface area contributed by atoms with Crippen molar-refractivity contribution in [3.05, 3.63) is 59.8 Å². The number of aromatic nitrogens is 1. The topological polar surface area (TPSA) is 48.5 Å². The molecule has 2 amide bonds. The van der Waals surface area contributed by atoms with Gasteiger partial charge in [0.15, 0.2) is 0 Å². The van der Waals surface area contributed by atoms with Crippen molar-refractivity contribution in [1.82, 2.24) is 15.2 Å². The van der Waals surface area contributed by atoms with E-state index in [0.717, 1.165) is 31.7 Å². The summed E-state index contributed by atoms with van der Waals surface area (Å²) < 4.78 is 0. The number of urea groups is 1. The monoisotopic (exact) mass is 352 g/mol. The number of aryl methyl sites for hydroxylation is 1. The molecule has 5 heteroatoms. The van der Waals surface area contributed by atoms with Crippen LogP contribution in [0.4, 0.5) is 10.6 Å². The van der Waals surface area contributed by atoms with Crippen molar-refractivity contribution in [1.29, 1.82) is 0 Å². The van der Waals surface area contributed by atoms with Crippen LogP contribution in [-0.4, -0.2) is 41.6 Å². The summed E-state index contributed by atoms with van der Waals surface area (Å²) in [6, 6.07) is 14.6. The van der Waals surface area contributed by atoms with Crippen LogP contribution in [0.25, 0.3) is 0 Å². The Morgan fingerprint density at radius 3 is 2.69 bits per heavy atom. The number of carbonyl (C=O) groups is 1. The van der Waals surface area contributed by atoms with E-state index in [4.69, 9.17) is 0 Å². The standard InChI is InChI=1S/C21H28N4O/c1-3-24(16-18-8-6-7-17(2)15-18)21(26)23-19-10-13-25(14-11-19)20-9-4-5-12-22-20/h4-9,12,15,19H,3,10-11,13-14,16H2,1-2H3,(H,23,26). The first kappa shape index (κ1) is 18.2. The van der Waals surface area contributed by atoms with E-state index in [1.807, 2.05) is 42.3 Å². The van der Waals surface area contributed by atoms with Crippen LogP contribution in [-0.2, 0) is 6.54 Å². The number of hydrogen-bond donors (Lipinski definition) is 1. The number of pyridine rings is 1. The van der Waals surface area contributed by atoms with Crippen molar-refractivity contribution in [3.8, 4) is 0 Å². The van der Waals surface area contributed by atoms with Gasteiger partial charge < -0.3 is 15.1 Å². The molecule has 2 aromatic rings. The van der Waals surface area contributed by atoms with E-state index < -0.39 is 0 Å². The van der Waals surface area contributed by atoms with Crippen LogP contribution in [0.1, 0.15) is 30.9 Å². The van der Waals surface area contributed by atoms with Crippen molar-refractivity contribution in [2.75, 3.05) is 24.5 Å². The zero-order chi connectivity index (χ0) is 18.4. The summed E-state index contributed by atoms with van der Waals surface area (Å²) in [5.41, 5.74) is 2.40. The van der Waals surface area contributed by atoms with E-state index >= 15 is 0 Å². The van der Waals surface area contributed by atoms with Crippen LogP contribution in [0.15, 0.2) is 48.7 Å². The lowest BCUT2D eigenvalue weighted by Crippen LogP contribution is -2.49. The van der Waals surface area contributed by atoms with E-state index in [9.17, 15) is 4.79 Å². The number of piperidine rings is 1. The van der Waals surface area contributed by atoms with E-state index in [2.05, 4.69) is 40.3 Å². The van der Waals surface area contributed by atoms with Gasteiger partial charge in [0.25, 0.3) is 0 Å². The lowest BCUT2D eigenvalue weighted by atomic mass is 10.1. The summed E-state index contributed by atoms with van der Waals surface area (Å²) in [5, 5.41) is 3.22. The molecule has 138 valence electrons. The first-order chi connectivity index (χ1) is 12.7. The molecule has 0 spiro atoms. The minimum Gasteiger partial charge on any atom is -0.356 e. The van der Waals surface area contributed by atoms with Crippen LogP contribution in [0.3, 0.4) is 0 Å². The molecule has 0 bridgehead atoms. The maximum Gasteiger partial charge on any atom is 0.317 e. The van der Waals surface area contributed by atoms with Crippen LogP contribution in [0, 0.1) is 6.92 Å². The van der Waals surface area contributed by atoms with Gasteiger partial charge in [-0.3, -0.25) is 0 Å². The Labute approximate surface area is 156 Å². The highest BCUT2D eigenvalue weighted by molar-refractivity contribution is 5.74. The summed E-state index contributed by atoms with van der Waals surface area (Å²) in [5.74, 6) is 1.02. The van der Waals surface area contributed by atoms with Crippen molar-refractivity contribution < 1.29 is 4.79 Å². The maximum atomic E-state index is 12.7. The number of benzene rings is 1. The number of amides is 2. The molecule has 1 aliphatic rings. The molecule has 5 nitrogen and oxygen atoms in total. The number of rotatable bonds is 5. The van der Waals surface area contributed by atoms with Gasteiger partial charge in [0.1, 0.15) is 5.82 Å². The Kier molecular flexibility index (Phi) is 6.10. The van der Waals surface area contributed by atoms with Gasteiger partial charge in [0.05, 0.1) is 0 Å². The fourth-order valence-corrected chi connectivity index (χ4v) is 3.42. The quantitative estimate of drug-likeness (QED) is 0.895. The van der Waals surface area contributed by atoms with Gasteiger partial charge in [-0.2, -0.15) is 0 Å². The Bertz CT molecular complexity index is 711. The molecule has 1 N–H and O–H groups in total. The average molecular weight is 352 g/mol. The molecule has 1 aliphatic heterocycles. The molecule has 0 atom stereocenters. The zero-order valence-electron chi connectivity index (χ0n) is 15.7. The van der Waals surface area contributed by atoms with Gasteiger partial charge in [-0.15, -0.1) is 0 Å². The summed E-state index contributed by atoms with van der Waals surface area (Å²) >= 11 is 0. The van der Waals surface area contributed by atoms with Gasteiger partial charge in [-0.05, 0) is 44.4 Å². The normalized spacial score (nSPS) is 14.9. The number of nitrogens with one attached hydrogen (secondary N) is 1. The zero-order valence-corrected chi connectivity index (χ0v) is 15.7. The van der Waals surface area contributed by atoms with Crippen LogP contribution in [0.2, 0.25) is 0 Å². The molecule has 0 radical (unpaired) electrons. The van der Waals surface area contributed by atoms with Crippen LogP contribution < -0.4 is 10.2 Å². The lowest BCUT2D eigenvalue weighted by Gasteiger charge is -2.34. The second-order valence-electron chi connectivity index (χ2n) is 6.90. The molecule has 1 saturated heterocycles. The van der Waals surface area contributed by atoms with Gasteiger partial charge in [-0.25, -0.2) is 9.78 Å². The highest BCUT2D eigenvalue weighted by Crippen LogP contribution is 2.17. The van der Waals surface area contributed by atoms with E-state index in [1.54, 1.807) is 0 Å². The molecule has 0 saturated carbocycles. The molecule has 1 aromatic carbocycles. The van der Waals surface area contributed by atoms with Crippen LogP contribution >= 0.6 is 0 Å². The lowest BCUT2D eigenvalue weighted by molar-refractivity contribution is 0.191. The van der Waals surface area contributed by atoms with Gasteiger partial charge in [-0.1, -0.05) is 35.9 Å². The molecular formula is C21H28N4O. The van der Waals surface area contributed by atoms with Crippen molar-refractivity contribution >= 4 is 11.8 Å². The minimum absolute atomic E-state index is 0.0327. The predicted octanol–water partition coefficient (Wildman–Crippen LogP) is 3.59. The van der Waals surface area contributed by atoms with E-state index in [0.29, 0.717) is 13.1 Å². The molecule has 1 fully saturated rings. The third-order valence-electron chi connectivity index (χ3n) is 4.92. The Balaban J connectivity index is 1.51. The van der Waals surface area contributed by atoms with Crippen LogP contribution in [0.5, 0.6) is 0 Å². The smallest absolute Gasteiger partial charge is 0.317 e. The SMILES string of the molecule is CCN(Cc1cccc(C)c1)C(=O)NC1CCN(c2ccccn2)CC1. The average Bonchev–Trinajstić information content (AvgIpc) is 2.67. The molecule has 2 heterocycles. The molecular weight excluding hydrogens is 324 g/mol. The summed E-state index contributed by atoms with van der Waals surface area (Å²) in [4.78, 5) is 21.2. The molecule has 1 aromatic heterocycles. The van der Waals surface area contributed by atoms with Crippen molar-refractivity contribution in [3.63, 3.8) is 0 Å². The van der Waals surface area contributed by atoms with E-state index in [-0.39, 0.29) is 12.1 Å². The number of carbonyl (C=O) groups excluding carboxylic acids is 1. The number of anilines is 1. The summed E-state index contributed by atoms with van der Waals surface area (Å²) in [7, 11) is 0. The summed E-state index contributed by atoms with van der Waals surface area (Å²) in [6.07, 6.45) is 3.72. The first-order valence-corrected chi connectivity index (χ1v) is 9.42. The fraction of sp³-hybridized carbons (Fsp3) is 0.429. The largest absolute Gasteiger partial charge is 0.356 e. The van der Waals surface area contributed by atoms with Crippen molar-refractivity contribution in [2.45, 2.75) is 39.3 Å². The second-order valence-corrected chi connectivity index (χ2v) is 6.90. The van der Waals surface area contributed by atoms with Gasteiger partial charge in [0.2, 0.25) is 0 Å². The molecule has 3 rings (SSSR count). The Morgan fingerprint density at radius 1 is 1.23 bits per heavy atom. The van der Waals surface area contributed by atoms with Crippen molar-refractivity contribution in [2.24, 2.45) is 0 Å². The number of nitrogens with zero attached hydrogens (tertiary/aromatic N) is 3. The number of hydrogen-bond acceptors (Lipinski definition) is 3. The highest BCUT2D eigenvalue weighted by Gasteiger charge is 2.23. The second kappa shape index (κ2) is 8.70. The molecule has 0 unspecified atom stereocenters. The Hall–Kier alpha value is -2.56. The molecule has 26 heavy (non-hydrogen) atoms. The first-order valence-electron chi connectivity index (χ1n) is 9.42. The van der Waals surface area contributed by atoms with E-state index in [1.165, 1.54) is 11.1 Å². The third kappa shape index (κ3) is 4.75. The fourth-order valence-electron chi connectivity index (χ4n) is 3.42. The Morgan fingerprint density at radius 2 is 2.04 bits per heavy atom. The third-order valence-corrected chi connectivity index (χ3v) is 4.92. The van der Waals surface area contributed by atoms with Gasteiger partial charge >= 0.3 is 6.03 Å². The van der Waals surface area contributed by atoms with Gasteiger partial charge in [0, 0.05) is 38.4 Å². The minimum atomic E-state index is 0.0327. The highest BCUT2D eigenvalue weighted by atomic mass is 16.2. The predicted molar refractivity (Wildman–Crippen MR) is 105 cm³/mol. The molecule has 0 aliphatic carbocycles. The maximum absolute atomic E-state index is 12.7.